The van der Waals surface area contributed by atoms with Crippen LogP contribution in [0.25, 0.3) is 5.57 Å². The van der Waals surface area contributed by atoms with E-state index in [1.807, 2.05) is 69.2 Å². The Morgan fingerprint density at radius 1 is 0.464 bits per heavy atom. The number of benzene rings is 1. The summed E-state index contributed by atoms with van der Waals surface area (Å²) in [5.74, 6) is 6.59. The van der Waals surface area contributed by atoms with Gasteiger partial charge in [-0.3, -0.25) is 0 Å². The molecule has 5 aliphatic carbocycles. The van der Waals surface area contributed by atoms with Gasteiger partial charge in [0.15, 0.2) is 0 Å². The SMILES string of the molecule is C1CCC(C2CCCCC2)CC1.C1CCC(C2CCCCC2)CC1.CC.CC.CC.CC.CC.CC1=C(C(CC(C)C)(C(C)C)C(C)C)c2c(C)cccc2C1. The minimum atomic E-state index is 0.287. The maximum atomic E-state index is 2.43. The van der Waals surface area contributed by atoms with Crippen LogP contribution in [0, 0.1) is 53.8 Å². The fourth-order valence-electron chi connectivity index (χ4n) is 11.4. The first-order chi connectivity index (χ1) is 27.1. The molecule has 0 unspecified atom stereocenters. The largest absolute Gasteiger partial charge is 0.0683 e. The summed E-state index contributed by atoms with van der Waals surface area (Å²) in [6.45, 7) is 39.1. The highest BCUT2D eigenvalue weighted by Gasteiger charge is 2.44. The van der Waals surface area contributed by atoms with Gasteiger partial charge in [-0.05, 0) is 90.4 Å². The van der Waals surface area contributed by atoms with E-state index in [4.69, 9.17) is 0 Å². The van der Waals surface area contributed by atoms with Crippen molar-refractivity contribution in [3.05, 3.63) is 40.5 Å². The van der Waals surface area contributed by atoms with Crippen LogP contribution in [-0.4, -0.2) is 0 Å². The smallest absolute Gasteiger partial charge is 0.000707 e. The molecule has 0 aromatic heterocycles. The minimum absolute atomic E-state index is 0.287. The van der Waals surface area contributed by atoms with Crippen LogP contribution in [0.4, 0.5) is 0 Å². The molecule has 6 rings (SSSR count). The van der Waals surface area contributed by atoms with Gasteiger partial charge in [0.25, 0.3) is 0 Å². The predicted octanol–water partition coefficient (Wildman–Crippen LogP) is 20.1. The lowest BCUT2D eigenvalue weighted by molar-refractivity contribution is 0.154. The summed E-state index contributed by atoms with van der Waals surface area (Å²) in [5.41, 5.74) is 8.14. The Kier molecular flexibility index (Phi) is 35.4. The summed E-state index contributed by atoms with van der Waals surface area (Å²) in [4.78, 5) is 0. The molecule has 0 nitrogen and oxygen atoms in total. The average Bonchev–Trinajstić information content (AvgIpc) is 3.62. The van der Waals surface area contributed by atoms with E-state index in [-0.39, 0.29) is 5.41 Å². The van der Waals surface area contributed by atoms with Crippen molar-refractivity contribution in [1.82, 2.24) is 0 Å². The van der Waals surface area contributed by atoms with Gasteiger partial charge in [-0.1, -0.05) is 263 Å². The molecule has 56 heavy (non-hydrogen) atoms. The number of allylic oxidation sites excluding steroid dienone is 2. The fraction of sp³-hybridized carbons (Fsp3) is 0.857. The van der Waals surface area contributed by atoms with E-state index in [9.17, 15) is 0 Å². The van der Waals surface area contributed by atoms with E-state index in [1.54, 1.807) is 73.6 Å². The van der Waals surface area contributed by atoms with Gasteiger partial charge in [0.1, 0.15) is 0 Å². The zero-order chi connectivity index (χ0) is 43.1. The maximum Gasteiger partial charge on any atom is 0.000707 e. The van der Waals surface area contributed by atoms with Gasteiger partial charge in [0, 0.05) is 5.41 Å². The molecule has 0 amide bonds. The van der Waals surface area contributed by atoms with Crippen LogP contribution in [0.5, 0.6) is 0 Å². The summed E-state index contributed by atoms with van der Waals surface area (Å²) in [7, 11) is 0. The maximum absolute atomic E-state index is 2.43. The molecule has 0 aliphatic heterocycles. The first kappa shape index (κ1) is 57.1. The Morgan fingerprint density at radius 3 is 1.04 bits per heavy atom. The molecule has 0 heterocycles. The van der Waals surface area contributed by atoms with Crippen LogP contribution in [-0.2, 0) is 6.42 Å². The Hall–Kier alpha value is -1.04. The number of fused-ring (bicyclic) bond motifs is 1. The second kappa shape index (κ2) is 34.8. The standard InChI is InChI=1S/C22H34.2C12H22.5C2H6/c1-14(2)13-22(15(3)4,16(5)6)21-18(8)12-19-11-9-10-17(7)20(19)21;2*1-3-7-11(8-4-1)12-9-5-2-6-10-12;5*1-2/h9-11,14-16H,12-13H2,1-8H3;2*11-12H,1-10H2;5*1-2H3. The molecule has 0 atom stereocenters. The van der Waals surface area contributed by atoms with Crippen LogP contribution in [0.1, 0.15) is 269 Å². The fourth-order valence-corrected chi connectivity index (χ4v) is 11.4. The van der Waals surface area contributed by atoms with E-state index >= 15 is 0 Å². The first-order valence-corrected chi connectivity index (χ1v) is 25.9. The van der Waals surface area contributed by atoms with Crippen molar-refractivity contribution in [2.45, 2.75) is 266 Å². The lowest BCUT2D eigenvalue weighted by atomic mass is 9.58. The van der Waals surface area contributed by atoms with Crippen LogP contribution in [0.3, 0.4) is 0 Å². The molecule has 332 valence electrons. The molecule has 0 spiro atoms. The third-order valence-corrected chi connectivity index (χ3v) is 13.7. The topological polar surface area (TPSA) is 0 Å². The first-order valence-electron chi connectivity index (χ1n) is 25.9. The Morgan fingerprint density at radius 2 is 0.768 bits per heavy atom. The van der Waals surface area contributed by atoms with Crippen molar-refractivity contribution < 1.29 is 0 Å². The van der Waals surface area contributed by atoms with E-state index in [2.05, 4.69) is 73.6 Å². The van der Waals surface area contributed by atoms with Gasteiger partial charge in [0.2, 0.25) is 0 Å². The van der Waals surface area contributed by atoms with Crippen molar-refractivity contribution in [3.8, 4) is 0 Å². The highest BCUT2D eigenvalue weighted by molar-refractivity contribution is 5.82. The third-order valence-electron chi connectivity index (χ3n) is 13.7. The normalized spacial score (nSPS) is 19.0. The second-order valence-corrected chi connectivity index (χ2v) is 18.0. The van der Waals surface area contributed by atoms with Crippen LogP contribution < -0.4 is 0 Å². The molecule has 4 fully saturated rings. The van der Waals surface area contributed by atoms with Gasteiger partial charge in [-0.15, -0.1) is 0 Å². The van der Waals surface area contributed by atoms with Crippen molar-refractivity contribution >= 4 is 5.57 Å². The minimum Gasteiger partial charge on any atom is -0.0683 e. The summed E-state index contributed by atoms with van der Waals surface area (Å²) >= 11 is 0. The average molecular weight is 781 g/mol. The number of aryl methyl sites for hydroxylation is 1. The Bertz CT molecular complexity index is 956. The molecule has 1 aromatic carbocycles. The van der Waals surface area contributed by atoms with Gasteiger partial charge < -0.3 is 0 Å². The quantitative estimate of drug-likeness (QED) is 0.259. The Balaban J connectivity index is 0. The molecular weight excluding hydrogens is 673 g/mol. The summed E-state index contributed by atoms with van der Waals surface area (Å²) in [6.07, 6.45) is 33.2. The Labute approximate surface area is 357 Å². The van der Waals surface area contributed by atoms with Crippen LogP contribution in [0.15, 0.2) is 23.8 Å². The number of hydrogen-bond acceptors (Lipinski definition) is 0. The van der Waals surface area contributed by atoms with Crippen LogP contribution in [0.2, 0.25) is 0 Å². The van der Waals surface area contributed by atoms with Crippen LogP contribution >= 0.6 is 0 Å². The van der Waals surface area contributed by atoms with Crippen molar-refractivity contribution in [2.75, 3.05) is 0 Å². The third kappa shape index (κ3) is 18.5. The lowest BCUT2D eigenvalue weighted by Crippen LogP contribution is -2.36. The van der Waals surface area contributed by atoms with Crippen molar-refractivity contribution in [2.24, 2.45) is 46.8 Å². The molecule has 1 aromatic rings. The monoisotopic (exact) mass is 781 g/mol. The number of rotatable bonds is 7. The van der Waals surface area contributed by atoms with Crippen molar-refractivity contribution in [1.29, 1.82) is 0 Å². The van der Waals surface area contributed by atoms with Gasteiger partial charge in [0.05, 0.1) is 0 Å². The molecule has 5 aliphatic rings. The zero-order valence-electron chi connectivity index (χ0n) is 42.3. The van der Waals surface area contributed by atoms with E-state index in [0.29, 0.717) is 11.8 Å². The van der Waals surface area contributed by atoms with Gasteiger partial charge in [-0.25, -0.2) is 0 Å². The van der Waals surface area contributed by atoms with Gasteiger partial charge in [-0.2, -0.15) is 0 Å². The molecule has 0 N–H and O–H groups in total. The summed E-state index contributed by atoms with van der Waals surface area (Å²) in [5, 5.41) is 0. The highest BCUT2D eigenvalue weighted by Crippen LogP contribution is 2.56. The molecule has 0 radical (unpaired) electrons. The van der Waals surface area contributed by atoms with Crippen molar-refractivity contribution in [3.63, 3.8) is 0 Å². The molecular formula is C56H108. The zero-order valence-corrected chi connectivity index (χ0v) is 42.3. The lowest BCUT2D eigenvalue weighted by Gasteiger charge is -2.46. The van der Waals surface area contributed by atoms with E-state index < -0.39 is 0 Å². The molecule has 0 saturated heterocycles. The summed E-state index contributed by atoms with van der Waals surface area (Å²) in [6, 6.07) is 6.84. The predicted molar refractivity (Wildman–Crippen MR) is 262 cm³/mol. The van der Waals surface area contributed by atoms with E-state index in [1.165, 1.54) is 89.0 Å². The highest BCUT2D eigenvalue weighted by atomic mass is 14.5. The molecule has 0 heteroatoms. The molecule has 4 saturated carbocycles. The summed E-state index contributed by atoms with van der Waals surface area (Å²) < 4.78 is 0. The van der Waals surface area contributed by atoms with Gasteiger partial charge >= 0.3 is 0 Å². The van der Waals surface area contributed by atoms with E-state index in [0.717, 1.165) is 36.0 Å². The second-order valence-electron chi connectivity index (χ2n) is 18.0. The molecule has 0 bridgehead atoms. The number of hydrogen-bond donors (Lipinski definition) is 0.